The quantitative estimate of drug-likeness (QED) is 0.780. The van der Waals surface area contributed by atoms with Gasteiger partial charge in [-0.1, -0.05) is 23.4 Å². The molecule has 114 valence electrons. The highest BCUT2D eigenvalue weighted by atomic mass is 16.5. The Kier molecular flexibility index (Phi) is 4.02. The van der Waals surface area contributed by atoms with Gasteiger partial charge in [0, 0.05) is 18.0 Å². The Morgan fingerprint density at radius 1 is 1.14 bits per heavy atom. The number of hydrogen-bond donors (Lipinski definition) is 1. The molecule has 0 amide bonds. The molecule has 2 aromatic heterocycles. The standard InChI is InChI=1S/C16H18N4O2/c1-10(17-3)9-13-18-16(22-20-13)14-11(2)21-15(19-14)12-7-5-4-6-8-12/h4-8,10,17H,9H2,1-3H3. The van der Waals surface area contributed by atoms with Crippen LogP contribution in [0.4, 0.5) is 0 Å². The fourth-order valence-electron chi connectivity index (χ4n) is 2.11. The zero-order valence-electron chi connectivity index (χ0n) is 12.8. The van der Waals surface area contributed by atoms with Gasteiger partial charge in [0.05, 0.1) is 0 Å². The number of aromatic nitrogens is 3. The third-order valence-electron chi connectivity index (χ3n) is 3.47. The van der Waals surface area contributed by atoms with Gasteiger partial charge in [0.15, 0.2) is 11.5 Å². The smallest absolute Gasteiger partial charge is 0.280 e. The van der Waals surface area contributed by atoms with E-state index in [9.17, 15) is 0 Å². The highest BCUT2D eigenvalue weighted by molar-refractivity contribution is 5.59. The largest absolute Gasteiger partial charge is 0.441 e. The van der Waals surface area contributed by atoms with E-state index in [2.05, 4.69) is 27.4 Å². The molecule has 6 heteroatoms. The normalized spacial score (nSPS) is 12.5. The van der Waals surface area contributed by atoms with Crippen molar-refractivity contribution in [3.63, 3.8) is 0 Å². The molecule has 0 saturated carbocycles. The third-order valence-corrected chi connectivity index (χ3v) is 3.47. The lowest BCUT2D eigenvalue weighted by Crippen LogP contribution is -2.24. The number of nitrogens with one attached hydrogen (secondary N) is 1. The molecule has 0 radical (unpaired) electrons. The second kappa shape index (κ2) is 6.11. The number of benzene rings is 1. The van der Waals surface area contributed by atoms with Crippen molar-refractivity contribution in [3.05, 3.63) is 41.9 Å². The van der Waals surface area contributed by atoms with E-state index >= 15 is 0 Å². The molecule has 0 saturated heterocycles. The maximum absolute atomic E-state index is 5.72. The fourth-order valence-corrected chi connectivity index (χ4v) is 2.11. The third kappa shape index (κ3) is 2.92. The summed E-state index contributed by atoms with van der Waals surface area (Å²) in [6.07, 6.45) is 0.697. The molecule has 3 aromatic rings. The number of likely N-dealkylation sites (N-methyl/N-ethyl adjacent to an activating group) is 1. The van der Waals surface area contributed by atoms with Gasteiger partial charge in [-0.2, -0.15) is 4.98 Å². The first kappa shape index (κ1) is 14.5. The Labute approximate surface area is 128 Å². The Morgan fingerprint density at radius 3 is 2.64 bits per heavy atom. The van der Waals surface area contributed by atoms with Gasteiger partial charge >= 0.3 is 0 Å². The summed E-state index contributed by atoms with van der Waals surface area (Å²) in [5.41, 5.74) is 1.51. The van der Waals surface area contributed by atoms with Crippen molar-refractivity contribution in [1.82, 2.24) is 20.4 Å². The van der Waals surface area contributed by atoms with Crippen LogP contribution in [0.25, 0.3) is 23.0 Å². The second-order valence-electron chi connectivity index (χ2n) is 5.20. The fraction of sp³-hybridized carbons (Fsp3) is 0.312. The van der Waals surface area contributed by atoms with Gasteiger partial charge < -0.3 is 14.3 Å². The van der Waals surface area contributed by atoms with E-state index in [1.54, 1.807) is 0 Å². The molecular formula is C16H18N4O2. The molecule has 1 unspecified atom stereocenters. The summed E-state index contributed by atoms with van der Waals surface area (Å²) in [4.78, 5) is 8.88. The lowest BCUT2D eigenvalue weighted by Gasteiger charge is -2.04. The van der Waals surface area contributed by atoms with Gasteiger partial charge in [-0.05, 0) is 33.0 Å². The summed E-state index contributed by atoms with van der Waals surface area (Å²) in [5, 5.41) is 7.14. The van der Waals surface area contributed by atoms with Crippen LogP contribution >= 0.6 is 0 Å². The van der Waals surface area contributed by atoms with E-state index in [4.69, 9.17) is 8.94 Å². The van der Waals surface area contributed by atoms with Crippen LogP contribution in [0.3, 0.4) is 0 Å². The number of nitrogens with zero attached hydrogens (tertiary/aromatic N) is 3. The van der Waals surface area contributed by atoms with E-state index in [-0.39, 0.29) is 6.04 Å². The van der Waals surface area contributed by atoms with Crippen molar-refractivity contribution < 1.29 is 8.94 Å². The minimum atomic E-state index is 0.281. The van der Waals surface area contributed by atoms with E-state index in [1.807, 2.05) is 44.3 Å². The Morgan fingerprint density at radius 2 is 1.91 bits per heavy atom. The predicted molar refractivity (Wildman–Crippen MR) is 82.2 cm³/mol. The summed E-state index contributed by atoms with van der Waals surface area (Å²) < 4.78 is 11.0. The molecular weight excluding hydrogens is 280 g/mol. The average molecular weight is 298 g/mol. The Hall–Kier alpha value is -2.47. The van der Waals surface area contributed by atoms with Crippen LogP contribution in [-0.2, 0) is 6.42 Å². The maximum atomic E-state index is 5.72. The van der Waals surface area contributed by atoms with E-state index in [1.165, 1.54) is 0 Å². The van der Waals surface area contributed by atoms with Gasteiger partial charge in [-0.3, -0.25) is 0 Å². The van der Waals surface area contributed by atoms with Gasteiger partial charge in [-0.25, -0.2) is 4.98 Å². The molecule has 2 heterocycles. The monoisotopic (exact) mass is 298 g/mol. The van der Waals surface area contributed by atoms with Gasteiger partial charge in [-0.15, -0.1) is 0 Å². The SMILES string of the molecule is CNC(C)Cc1noc(-c2nc(-c3ccccc3)oc2C)n1. The predicted octanol–water partition coefficient (Wildman–Crippen LogP) is 2.85. The number of aryl methyl sites for hydroxylation is 1. The van der Waals surface area contributed by atoms with Gasteiger partial charge in [0.1, 0.15) is 5.76 Å². The van der Waals surface area contributed by atoms with Crippen molar-refractivity contribution >= 4 is 0 Å². The summed E-state index contributed by atoms with van der Waals surface area (Å²) >= 11 is 0. The highest BCUT2D eigenvalue weighted by Crippen LogP contribution is 2.27. The molecule has 0 fully saturated rings. The first-order chi connectivity index (χ1) is 10.7. The van der Waals surface area contributed by atoms with Crippen LogP contribution in [0, 0.1) is 6.92 Å². The summed E-state index contributed by atoms with van der Waals surface area (Å²) in [5.74, 6) is 2.26. The highest BCUT2D eigenvalue weighted by Gasteiger charge is 2.19. The number of hydrogen-bond acceptors (Lipinski definition) is 6. The lowest BCUT2D eigenvalue weighted by atomic mass is 10.2. The average Bonchev–Trinajstić information content (AvgIpc) is 3.14. The van der Waals surface area contributed by atoms with Crippen molar-refractivity contribution in [2.24, 2.45) is 0 Å². The molecule has 1 N–H and O–H groups in total. The van der Waals surface area contributed by atoms with Crippen molar-refractivity contribution in [1.29, 1.82) is 0 Å². The van der Waals surface area contributed by atoms with Gasteiger partial charge in [0.2, 0.25) is 5.89 Å². The zero-order chi connectivity index (χ0) is 15.5. The van der Waals surface area contributed by atoms with Crippen molar-refractivity contribution in [2.75, 3.05) is 7.05 Å². The number of oxazole rings is 1. The summed E-state index contributed by atoms with van der Waals surface area (Å²) in [6.45, 7) is 3.90. The van der Waals surface area contributed by atoms with E-state index in [0.717, 1.165) is 5.56 Å². The van der Waals surface area contributed by atoms with Crippen molar-refractivity contribution in [3.8, 4) is 23.0 Å². The van der Waals surface area contributed by atoms with Crippen LogP contribution in [0.2, 0.25) is 0 Å². The molecule has 22 heavy (non-hydrogen) atoms. The molecule has 0 aliphatic rings. The van der Waals surface area contributed by atoms with Crippen LogP contribution in [0.15, 0.2) is 39.3 Å². The topological polar surface area (TPSA) is 77.0 Å². The molecule has 1 aromatic carbocycles. The lowest BCUT2D eigenvalue weighted by molar-refractivity contribution is 0.416. The van der Waals surface area contributed by atoms with Crippen LogP contribution < -0.4 is 5.32 Å². The maximum Gasteiger partial charge on any atom is 0.280 e. The first-order valence-electron chi connectivity index (χ1n) is 7.20. The van der Waals surface area contributed by atoms with Gasteiger partial charge in [0.25, 0.3) is 5.89 Å². The summed E-state index contributed by atoms with van der Waals surface area (Å²) in [6, 6.07) is 10.0. The van der Waals surface area contributed by atoms with E-state index < -0.39 is 0 Å². The minimum absolute atomic E-state index is 0.281. The van der Waals surface area contributed by atoms with Crippen LogP contribution in [-0.4, -0.2) is 28.2 Å². The number of rotatable bonds is 5. The van der Waals surface area contributed by atoms with Crippen molar-refractivity contribution in [2.45, 2.75) is 26.3 Å². The molecule has 1 atom stereocenters. The molecule has 3 rings (SSSR count). The molecule has 0 bridgehead atoms. The molecule has 0 aliphatic heterocycles. The Bertz CT molecular complexity index is 749. The van der Waals surface area contributed by atoms with Crippen LogP contribution in [0.5, 0.6) is 0 Å². The summed E-state index contributed by atoms with van der Waals surface area (Å²) in [7, 11) is 1.90. The minimum Gasteiger partial charge on any atom is -0.441 e. The zero-order valence-corrected chi connectivity index (χ0v) is 12.8. The van der Waals surface area contributed by atoms with Crippen LogP contribution in [0.1, 0.15) is 18.5 Å². The molecule has 6 nitrogen and oxygen atoms in total. The first-order valence-corrected chi connectivity index (χ1v) is 7.20. The van der Waals surface area contributed by atoms with E-state index in [0.29, 0.717) is 35.5 Å². The second-order valence-corrected chi connectivity index (χ2v) is 5.20. The molecule has 0 aliphatic carbocycles. The molecule has 0 spiro atoms. The Balaban J connectivity index is 1.88.